The second-order valence-electron chi connectivity index (χ2n) is 7.88. The van der Waals surface area contributed by atoms with Crippen molar-refractivity contribution < 1.29 is 9.59 Å². The number of nitrogens with zero attached hydrogens (tertiary/aromatic N) is 3. The first-order valence-corrected chi connectivity index (χ1v) is 11.5. The zero-order chi connectivity index (χ0) is 22.3. The van der Waals surface area contributed by atoms with E-state index < -0.39 is 6.04 Å². The second kappa shape index (κ2) is 10.4. The summed E-state index contributed by atoms with van der Waals surface area (Å²) in [5.41, 5.74) is 1.58. The van der Waals surface area contributed by atoms with Gasteiger partial charge in [0.25, 0.3) is 5.91 Å². The number of hydrogen-bond acceptors (Lipinski definition) is 6. The number of rotatable bonds is 7. The smallest absolute Gasteiger partial charge is 0.262 e. The van der Waals surface area contributed by atoms with Crippen LogP contribution in [-0.4, -0.2) is 61.0 Å². The Morgan fingerprint density at radius 1 is 1.03 bits per heavy atom. The number of aromatic nitrogens is 1. The number of benzene rings is 1. The zero-order valence-corrected chi connectivity index (χ0v) is 18.8. The highest BCUT2D eigenvalue weighted by atomic mass is 32.1. The van der Waals surface area contributed by atoms with Crippen LogP contribution in [0.5, 0.6) is 0 Å². The van der Waals surface area contributed by atoms with Gasteiger partial charge in [-0.1, -0.05) is 36.4 Å². The van der Waals surface area contributed by atoms with Crippen molar-refractivity contribution in [2.75, 3.05) is 43.4 Å². The maximum absolute atomic E-state index is 13.1. The van der Waals surface area contributed by atoms with Crippen LogP contribution in [0.15, 0.2) is 66.2 Å². The Morgan fingerprint density at radius 3 is 2.47 bits per heavy atom. The molecule has 0 radical (unpaired) electrons. The molecule has 1 aliphatic heterocycles. The van der Waals surface area contributed by atoms with E-state index in [1.54, 1.807) is 12.3 Å². The van der Waals surface area contributed by atoms with Crippen LogP contribution in [0, 0.1) is 0 Å². The molecule has 166 valence electrons. The summed E-state index contributed by atoms with van der Waals surface area (Å²) in [5.74, 6) is 0.385. The van der Waals surface area contributed by atoms with Gasteiger partial charge in [-0.2, -0.15) is 0 Å². The molecule has 1 fully saturated rings. The highest BCUT2D eigenvalue weighted by molar-refractivity contribution is 7.12. The maximum Gasteiger partial charge on any atom is 0.262 e. The Hall–Kier alpha value is -3.23. The third kappa shape index (κ3) is 5.72. The normalized spacial score (nSPS) is 15.2. The third-order valence-electron chi connectivity index (χ3n) is 5.49. The molecule has 2 aromatic heterocycles. The molecule has 1 aliphatic rings. The minimum absolute atomic E-state index is 0.250. The fourth-order valence-electron chi connectivity index (χ4n) is 3.61. The number of hydrogen-bond donors (Lipinski definition) is 2. The summed E-state index contributed by atoms with van der Waals surface area (Å²) in [6.45, 7) is 3.88. The van der Waals surface area contributed by atoms with E-state index in [0.717, 1.165) is 37.6 Å². The summed E-state index contributed by atoms with van der Waals surface area (Å²) in [7, 11) is 2.12. The van der Waals surface area contributed by atoms with Crippen molar-refractivity contribution in [1.82, 2.24) is 15.2 Å². The van der Waals surface area contributed by atoms with Crippen LogP contribution in [0.4, 0.5) is 11.5 Å². The van der Waals surface area contributed by atoms with Gasteiger partial charge in [0, 0.05) is 32.6 Å². The molecule has 0 spiro atoms. The number of carbonyl (C=O) groups excluding carboxylic acids is 2. The molecule has 8 heteroatoms. The number of thiophene rings is 1. The quantitative estimate of drug-likeness (QED) is 0.580. The molecule has 4 rings (SSSR count). The minimum Gasteiger partial charge on any atom is -0.354 e. The van der Waals surface area contributed by atoms with Gasteiger partial charge >= 0.3 is 0 Å². The first kappa shape index (κ1) is 22.0. The van der Waals surface area contributed by atoms with Crippen LogP contribution < -0.4 is 15.5 Å². The van der Waals surface area contributed by atoms with Gasteiger partial charge in [0.2, 0.25) is 5.91 Å². The van der Waals surface area contributed by atoms with Crippen molar-refractivity contribution in [3.8, 4) is 0 Å². The molecule has 3 heterocycles. The first-order valence-electron chi connectivity index (χ1n) is 10.7. The molecule has 2 N–H and O–H groups in total. The Kier molecular flexibility index (Phi) is 7.14. The van der Waals surface area contributed by atoms with Crippen LogP contribution in [0.3, 0.4) is 0 Å². The number of nitrogens with one attached hydrogen (secondary N) is 2. The summed E-state index contributed by atoms with van der Waals surface area (Å²) in [4.78, 5) is 35.3. The van der Waals surface area contributed by atoms with Crippen LogP contribution >= 0.6 is 11.3 Å². The van der Waals surface area contributed by atoms with E-state index in [-0.39, 0.29) is 11.8 Å². The molecular formula is C24H27N5O2S. The molecule has 0 bridgehead atoms. The lowest BCUT2D eigenvalue weighted by atomic mass is 10.0. The van der Waals surface area contributed by atoms with E-state index >= 15 is 0 Å². The maximum atomic E-state index is 13.1. The summed E-state index contributed by atoms with van der Waals surface area (Å²) >= 11 is 1.35. The topological polar surface area (TPSA) is 77.6 Å². The third-order valence-corrected chi connectivity index (χ3v) is 6.36. The van der Waals surface area contributed by atoms with Gasteiger partial charge < -0.3 is 20.4 Å². The van der Waals surface area contributed by atoms with Gasteiger partial charge in [0.1, 0.15) is 11.9 Å². The van der Waals surface area contributed by atoms with Crippen molar-refractivity contribution in [2.45, 2.75) is 12.5 Å². The van der Waals surface area contributed by atoms with E-state index in [2.05, 4.69) is 32.5 Å². The second-order valence-corrected chi connectivity index (χ2v) is 8.83. The number of carbonyl (C=O) groups is 2. The van der Waals surface area contributed by atoms with E-state index in [4.69, 9.17) is 0 Å². The summed E-state index contributed by atoms with van der Waals surface area (Å²) < 4.78 is 0. The van der Waals surface area contributed by atoms with E-state index in [9.17, 15) is 9.59 Å². The lowest BCUT2D eigenvalue weighted by Gasteiger charge is -2.33. The van der Waals surface area contributed by atoms with Gasteiger partial charge in [0.15, 0.2) is 0 Å². The minimum atomic E-state index is -0.704. The van der Waals surface area contributed by atoms with Crippen LogP contribution in [-0.2, 0) is 11.2 Å². The molecule has 32 heavy (non-hydrogen) atoms. The number of pyridine rings is 1. The average molecular weight is 450 g/mol. The molecule has 2 amide bonds. The van der Waals surface area contributed by atoms with Crippen molar-refractivity contribution >= 4 is 34.7 Å². The van der Waals surface area contributed by atoms with Gasteiger partial charge in [-0.3, -0.25) is 9.59 Å². The monoisotopic (exact) mass is 449 g/mol. The predicted molar refractivity (Wildman–Crippen MR) is 128 cm³/mol. The van der Waals surface area contributed by atoms with Crippen LogP contribution in [0.1, 0.15) is 15.2 Å². The molecule has 0 aliphatic carbocycles. The van der Waals surface area contributed by atoms with Gasteiger partial charge in [-0.15, -0.1) is 11.3 Å². The first-order chi connectivity index (χ1) is 15.6. The standard InChI is InChI=1S/C24H27N5O2S/c1-28-11-13-29(14-12-28)22-10-9-19(17-25-22)26-23(30)20(16-18-6-3-2-4-7-18)27-24(31)21-8-5-15-32-21/h2-10,15,17,20H,11-14,16H2,1H3,(H,26,30)(H,27,31). The average Bonchev–Trinajstić information content (AvgIpc) is 3.36. The van der Waals surface area contributed by atoms with E-state index in [1.807, 2.05) is 53.9 Å². The van der Waals surface area contributed by atoms with Gasteiger partial charge in [0.05, 0.1) is 16.8 Å². The van der Waals surface area contributed by atoms with E-state index in [1.165, 1.54) is 11.3 Å². The molecule has 3 aromatic rings. The fraction of sp³-hybridized carbons (Fsp3) is 0.292. The molecular weight excluding hydrogens is 422 g/mol. The Labute approximate surface area is 192 Å². The number of anilines is 2. The SMILES string of the molecule is CN1CCN(c2ccc(NC(=O)C(Cc3ccccc3)NC(=O)c3cccs3)cn2)CC1. The largest absolute Gasteiger partial charge is 0.354 e. The number of likely N-dealkylation sites (N-methyl/N-ethyl adjacent to an activating group) is 1. The number of amides is 2. The van der Waals surface area contributed by atoms with Gasteiger partial charge in [-0.05, 0) is 36.2 Å². The van der Waals surface area contributed by atoms with Crippen molar-refractivity contribution in [2.24, 2.45) is 0 Å². The van der Waals surface area contributed by atoms with Crippen molar-refractivity contribution in [1.29, 1.82) is 0 Å². The summed E-state index contributed by atoms with van der Waals surface area (Å²) in [6, 6.07) is 16.3. The molecule has 0 saturated carbocycles. The Balaban J connectivity index is 1.43. The highest BCUT2D eigenvalue weighted by Crippen LogP contribution is 2.17. The molecule has 1 unspecified atom stereocenters. The van der Waals surface area contributed by atoms with Crippen molar-refractivity contribution in [3.05, 3.63) is 76.6 Å². The summed E-state index contributed by atoms with van der Waals surface area (Å²) in [6.07, 6.45) is 2.07. The Bertz CT molecular complexity index is 1020. The molecule has 1 saturated heterocycles. The lowest BCUT2D eigenvalue weighted by molar-refractivity contribution is -0.118. The summed E-state index contributed by atoms with van der Waals surface area (Å²) in [5, 5.41) is 7.63. The van der Waals surface area contributed by atoms with Crippen molar-refractivity contribution in [3.63, 3.8) is 0 Å². The number of piperazine rings is 1. The zero-order valence-electron chi connectivity index (χ0n) is 18.0. The highest BCUT2D eigenvalue weighted by Gasteiger charge is 2.23. The molecule has 1 atom stereocenters. The van der Waals surface area contributed by atoms with Gasteiger partial charge in [-0.25, -0.2) is 4.98 Å². The lowest BCUT2D eigenvalue weighted by Crippen LogP contribution is -2.45. The van der Waals surface area contributed by atoms with Crippen LogP contribution in [0.2, 0.25) is 0 Å². The Morgan fingerprint density at radius 2 is 1.81 bits per heavy atom. The molecule has 7 nitrogen and oxygen atoms in total. The van der Waals surface area contributed by atoms with Crippen LogP contribution in [0.25, 0.3) is 0 Å². The molecule has 1 aromatic carbocycles. The predicted octanol–water partition coefficient (Wildman–Crippen LogP) is 2.87. The fourth-order valence-corrected chi connectivity index (χ4v) is 4.24. The van der Waals surface area contributed by atoms with E-state index in [0.29, 0.717) is 17.0 Å².